The number of hydrogen-bond acceptors (Lipinski definition) is 5. The summed E-state index contributed by atoms with van der Waals surface area (Å²) in [5.41, 5.74) is 11.6. The molecule has 306 valence electrons. The van der Waals surface area contributed by atoms with E-state index in [-0.39, 0.29) is 0 Å². The first kappa shape index (κ1) is 36.2. The Morgan fingerprint density at radius 2 is 0.833 bits per heavy atom. The number of fused-ring (bicyclic) bond motifs is 12. The molecule has 0 N–H and O–H groups in total. The summed E-state index contributed by atoms with van der Waals surface area (Å²) in [7, 11) is 0. The smallest absolute Gasteiger partial charge is 0.238 e. The van der Waals surface area contributed by atoms with Crippen LogP contribution >= 0.6 is 0 Å². The van der Waals surface area contributed by atoms with Crippen molar-refractivity contribution in [2.75, 3.05) is 0 Å². The highest BCUT2D eigenvalue weighted by atomic mass is 16.3. The maximum atomic E-state index is 11.0. The van der Waals surface area contributed by atoms with E-state index in [9.17, 15) is 5.26 Å². The van der Waals surface area contributed by atoms with Gasteiger partial charge < -0.3 is 13.6 Å². The highest BCUT2D eigenvalue weighted by molar-refractivity contribution is 6.21. The number of rotatable bonds is 5. The average Bonchev–Trinajstić information content (AvgIpc) is 4.11. The van der Waals surface area contributed by atoms with Crippen molar-refractivity contribution in [3.63, 3.8) is 0 Å². The zero-order valence-electron chi connectivity index (χ0n) is 35.1. The Bertz CT molecular complexity index is 4310. The van der Waals surface area contributed by atoms with Crippen LogP contribution in [0.2, 0.25) is 0 Å². The summed E-state index contributed by atoms with van der Waals surface area (Å²) in [5, 5.41) is 19.8. The normalized spacial score (nSPS) is 11.9. The van der Waals surface area contributed by atoms with Gasteiger partial charge in [-0.3, -0.25) is 4.57 Å². The molecule has 9 aromatic carbocycles. The van der Waals surface area contributed by atoms with E-state index in [4.69, 9.17) is 19.4 Å². The topological polar surface area (TPSA) is 90.4 Å². The molecule has 0 amide bonds. The maximum Gasteiger partial charge on any atom is 0.238 e. The first-order valence-corrected chi connectivity index (χ1v) is 21.9. The standard InChI is InChI=1S/C58H33N7O/c59-34-37-29-36(57-60-56(35-15-3-1-4-16-35)61-58(62-57)65-50-25-13-7-19-39(50)40-20-8-14-26-51(40)65)27-28-47(37)64-49-24-12-10-22-42(49)44-31-46-45-30-43-41-21-9-11-23-48(41)63(38-17-5-2-6-18-38)52(43)32-54(45)66-55(46)33-53(44)64/h1-33H. The highest BCUT2D eigenvalue weighted by Crippen LogP contribution is 2.42. The second kappa shape index (κ2) is 13.8. The first-order valence-electron chi connectivity index (χ1n) is 21.9. The fourth-order valence-corrected chi connectivity index (χ4v) is 10.2. The van der Waals surface area contributed by atoms with E-state index in [0.29, 0.717) is 28.7 Å². The van der Waals surface area contributed by atoms with E-state index in [2.05, 4.69) is 147 Å². The molecular formula is C58H33N7O. The van der Waals surface area contributed by atoms with Gasteiger partial charge in [-0.1, -0.05) is 121 Å². The molecule has 0 bridgehead atoms. The molecule has 8 nitrogen and oxygen atoms in total. The minimum atomic E-state index is 0.468. The molecule has 0 unspecified atom stereocenters. The molecule has 0 aliphatic rings. The summed E-state index contributed by atoms with van der Waals surface area (Å²) in [6, 6.07) is 71.3. The average molecular weight is 844 g/mol. The van der Waals surface area contributed by atoms with E-state index in [1.54, 1.807) is 0 Å². The van der Waals surface area contributed by atoms with Gasteiger partial charge in [-0.2, -0.15) is 15.2 Å². The van der Waals surface area contributed by atoms with E-state index in [1.807, 2.05) is 72.8 Å². The van der Waals surface area contributed by atoms with Crippen LogP contribution < -0.4 is 0 Å². The van der Waals surface area contributed by atoms with Crippen molar-refractivity contribution in [3.8, 4) is 46.2 Å². The number of aromatic nitrogens is 6. The SMILES string of the molecule is N#Cc1cc(-c2nc(-c3ccccc3)nc(-n3c4ccccc4c4ccccc43)n2)ccc1-n1c2ccccc2c2cc3c(cc21)oc1cc2c(cc13)c1ccccc1n2-c1ccccc1. The van der Waals surface area contributed by atoms with Crippen LogP contribution in [0, 0.1) is 11.3 Å². The third-order valence-corrected chi connectivity index (χ3v) is 13.1. The van der Waals surface area contributed by atoms with E-state index >= 15 is 0 Å². The molecule has 5 aromatic heterocycles. The van der Waals surface area contributed by atoms with Crippen molar-refractivity contribution >= 4 is 87.4 Å². The summed E-state index contributed by atoms with van der Waals surface area (Å²) < 4.78 is 13.4. The molecule has 14 rings (SSSR count). The second-order valence-electron chi connectivity index (χ2n) is 16.7. The van der Waals surface area contributed by atoms with E-state index in [1.165, 1.54) is 10.8 Å². The summed E-state index contributed by atoms with van der Waals surface area (Å²) >= 11 is 0. The van der Waals surface area contributed by atoms with Crippen LogP contribution in [0.4, 0.5) is 0 Å². The summed E-state index contributed by atoms with van der Waals surface area (Å²) in [6.45, 7) is 0. The van der Waals surface area contributed by atoms with Crippen LogP contribution in [0.5, 0.6) is 0 Å². The van der Waals surface area contributed by atoms with Gasteiger partial charge in [0.05, 0.1) is 44.4 Å². The van der Waals surface area contributed by atoms with Gasteiger partial charge in [0.1, 0.15) is 17.2 Å². The molecule has 0 saturated heterocycles. The van der Waals surface area contributed by atoms with Gasteiger partial charge >= 0.3 is 0 Å². The number of furan rings is 1. The molecule has 5 heterocycles. The van der Waals surface area contributed by atoms with Gasteiger partial charge in [-0.05, 0) is 66.7 Å². The Hall–Kier alpha value is -9.32. The van der Waals surface area contributed by atoms with E-state index in [0.717, 1.165) is 93.5 Å². The fourth-order valence-electron chi connectivity index (χ4n) is 10.2. The van der Waals surface area contributed by atoms with Crippen molar-refractivity contribution in [1.29, 1.82) is 5.26 Å². The van der Waals surface area contributed by atoms with Crippen LogP contribution in [0.25, 0.3) is 127 Å². The summed E-state index contributed by atoms with van der Waals surface area (Å²) in [6.07, 6.45) is 0. The molecule has 8 heteroatoms. The van der Waals surface area contributed by atoms with Crippen molar-refractivity contribution in [2.45, 2.75) is 0 Å². The lowest BCUT2D eigenvalue weighted by molar-refractivity contribution is 0.669. The molecule has 0 aliphatic carbocycles. The Morgan fingerprint density at radius 1 is 0.364 bits per heavy atom. The Kier molecular flexibility index (Phi) is 7.59. The van der Waals surface area contributed by atoms with Crippen molar-refractivity contribution < 1.29 is 4.42 Å². The molecule has 0 aliphatic heterocycles. The number of benzene rings is 9. The van der Waals surface area contributed by atoms with Gasteiger partial charge in [-0.15, -0.1) is 0 Å². The highest BCUT2D eigenvalue weighted by Gasteiger charge is 2.22. The molecule has 0 fully saturated rings. The predicted molar refractivity (Wildman–Crippen MR) is 266 cm³/mol. The number of hydrogen-bond donors (Lipinski definition) is 0. The second-order valence-corrected chi connectivity index (χ2v) is 16.7. The molecule has 0 atom stereocenters. The van der Waals surface area contributed by atoms with Crippen LogP contribution in [0.15, 0.2) is 205 Å². The lowest BCUT2D eigenvalue weighted by Gasteiger charge is -2.13. The Balaban J connectivity index is 0.961. The zero-order valence-corrected chi connectivity index (χ0v) is 35.1. The third-order valence-electron chi connectivity index (χ3n) is 13.1. The van der Waals surface area contributed by atoms with Crippen molar-refractivity contribution in [1.82, 2.24) is 28.7 Å². The van der Waals surface area contributed by atoms with Gasteiger partial charge in [0.2, 0.25) is 5.95 Å². The maximum absolute atomic E-state index is 11.0. The fraction of sp³-hybridized carbons (Fsp3) is 0. The Morgan fingerprint density at radius 3 is 1.41 bits per heavy atom. The molecule has 14 aromatic rings. The summed E-state index contributed by atoms with van der Waals surface area (Å²) in [4.78, 5) is 15.3. The van der Waals surface area contributed by atoms with Crippen LogP contribution in [0.3, 0.4) is 0 Å². The third kappa shape index (κ3) is 5.22. The number of nitrogens with zero attached hydrogens (tertiary/aromatic N) is 7. The molecule has 66 heavy (non-hydrogen) atoms. The lowest BCUT2D eigenvalue weighted by atomic mass is 10.1. The zero-order chi connectivity index (χ0) is 43.5. The molecule has 0 spiro atoms. The minimum Gasteiger partial charge on any atom is -0.456 e. The van der Waals surface area contributed by atoms with Crippen LogP contribution in [-0.4, -0.2) is 28.7 Å². The summed E-state index contributed by atoms with van der Waals surface area (Å²) in [5.74, 6) is 1.51. The van der Waals surface area contributed by atoms with Gasteiger partial charge in [0.15, 0.2) is 11.6 Å². The lowest BCUT2D eigenvalue weighted by Crippen LogP contribution is -2.06. The van der Waals surface area contributed by atoms with Gasteiger partial charge in [-0.25, -0.2) is 4.98 Å². The van der Waals surface area contributed by atoms with Crippen LogP contribution in [-0.2, 0) is 0 Å². The number of para-hydroxylation sites is 5. The minimum absolute atomic E-state index is 0.468. The number of nitriles is 1. The molecular weight excluding hydrogens is 811 g/mol. The van der Waals surface area contributed by atoms with E-state index < -0.39 is 0 Å². The van der Waals surface area contributed by atoms with Crippen molar-refractivity contribution in [3.05, 3.63) is 206 Å². The van der Waals surface area contributed by atoms with Gasteiger partial charge in [0, 0.05) is 72.0 Å². The molecule has 0 saturated carbocycles. The van der Waals surface area contributed by atoms with Crippen LogP contribution in [0.1, 0.15) is 5.56 Å². The monoisotopic (exact) mass is 843 g/mol. The Labute approximate surface area is 376 Å². The first-order chi connectivity index (χ1) is 32.7. The van der Waals surface area contributed by atoms with Crippen molar-refractivity contribution in [2.24, 2.45) is 0 Å². The molecule has 0 radical (unpaired) electrons. The quantitative estimate of drug-likeness (QED) is 0.172. The largest absolute Gasteiger partial charge is 0.456 e. The van der Waals surface area contributed by atoms with Gasteiger partial charge in [0.25, 0.3) is 0 Å². The predicted octanol–water partition coefficient (Wildman–Crippen LogP) is 14.3.